The fourth-order valence-electron chi connectivity index (χ4n) is 1.74. The van der Waals surface area contributed by atoms with Gasteiger partial charge in [0.25, 0.3) is 0 Å². The number of rotatable bonds is 0. The lowest BCUT2D eigenvalue weighted by Gasteiger charge is -2.01. The van der Waals surface area contributed by atoms with Crippen molar-refractivity contribution in [3.8, 4) is 0 Å². The fraction of sp³-hybridized carbons (Fsp3) is 0.0833. The molecule has 0 aliphatic rings. The highest BCUT2D eigenvalue weighted by Crippen LogP contribution is 2.21. The maximum absolute atomic E-state index is 11.8. The zero-order valence-electron chi connectivity index (χ0n) is 8.90. The van der Waals surface area contributed by atoms with Crippen LogP contribution in [-0.4, -0.2) is 9.97 Å². The summed E-state index contributed by atoms with van der Waals surface area (Å²) in [5, 5.41) is 1.49. The highest BCUT2D eigenvalue weighted by molar-refractivity contribution is 6.31. The van der Waals surface area contributed by atoms with E-state index in [2.05, 4.69) is 9.97 Å². The van der Waals surface area contributed by atoms with Gasteiger partial charge in [-0.1, -0.05) is 11.6 Å². The molecule has 0 fully saturated rings. The molecule has 3 aromatic heterocycles. The third kappa shape index (κ3) is 1.57. The molecule has 3 rings (SSSR count). The van der Waals surface area contributed by atoms with Crippen molar-refractivity contribution in [2.45, 2.75) is 6.92 Å². The van der Waals surface area contributed by atoms with Crippen LogP contribution in [0.2, 0.25) is 5.02 Å². The third-order valence-corrected chi connectivity index (χ3v) is 2.72. The van der Waals surface area contributed by atoms with Crippen LogP contribution in [0.4, 0.5) is 0 Å². The second-order valence-corrected chi connectivity index (χ2v) is 4.18. The summed E-state index contributed by atoms with van der Waals surface area (Å²) in [5.74, 6) is 0. The Kier molecular flexibility index (Phi) is 2.12. The molecule has 0 amide bonds. The maximum atomic E-state index is 11.8. The van der Waals surface area contributed by atoms with E-state index in [0.717, 1.165) is 5.69 Å². The monoisotopic (exact) mass is 246 g/mol. The van der Waals surface area contributed by atoms with Gasteiger partial charge in [-0.3, -0.25) is 4.98 Å². The van der Waals surface area contributed by atoms with Gasteiger partial charge in [0.2, 0.25) is 5.71 Å². The Bertz CT molecular complexity index is 795. The van der Waals surface area contributed by atoms with E-state index in [1.54, 1.807) is 6.07 Å². The summed E-state index contributed by atoms with van der Waals surface area (Å²) < 4.78 is 5.15. The average Bonchev–Trinajstić information content (AvgIpc) is 2.29. The summed E-state index contributed by atoms with van der Waals surface area (Å²) in [4.78, 5) is 20.1. The van der Waals surface area contributed by atoms with Gasteiger partial charge in [-0.05, 0) is 25.1 Å². The van der Waals surface area contributed by atoms with Crippen LogP contribution in [-0.2, 0) is 0 Å². The quantitative estimate of drug-likeness (QED) is 0.572. The zero-order chi connectivity index (χ0) is 12.0. The predicted octanol–water partition coefficient (Wildman–Crippen LogP) is 2.70. The summed E-state index contributed by atoms with van der Waals surface area (Å²) in [6.07, 6.45) is 1.50. The molecule has 0 saturated heterocycles. The van der Waals surface area contributed by atoms with E-state index in [1.807, 2.05) is 19.1 Å². The highest BCUT2D eigenvalue weighted by atomic mass is 35.5. The Balaban J connectivity index is 2.60. The normalized spacial score (nSPS) is 11.2. The molecule has 5 heteroatoms. The molecule has 3 aromatic rings. The van der Waals surface area contributed by atoms with E-state index in [9.17, 15) is 4.79 Å². The number of halogens is 1. The van der Waals surface area contributed by atoms with E-state index >= 15 is 0 Å². The smallest absolute Gasteiger partial charge is 0.347 e. The molecule has 0 N–H and O–H groups in total. The molecular weight excluding hydrogens is 240 g/mol. The molecule has 0 unspecified atom stereocenters. The van der Waals surface area contributed by atoms with Crippen molar-refractivity contribution in [2.75, 3.05) is 0 Å². The first-order valence-electron chi connectivity index (χ1n) is 5.01. The lowest BCUT2D eigenvalue weighted by atomic mass is 10.2. The van der Waals surface area contributed by atoms with Gasteiger partial charge in [0.15, 0.2) is 0 Å². The molecule has 17 heavy (non-hydrogen) atoms. The minimum absolute atomic E-state index is 0.303. The summed E-state index contributed by atoms with van der Waals surface area (Å²) in [7, 11) is 0. The van der Waals surface area contributed by atoms with Crippen LogP contribution >= 0.6 is 11.6 Å². The predicted molar refractivity (Wildman–Crippen MR) is 65.3 cm³/mol. The topological polar surface area (TPSA) is 56.0 Å². The summed E-state index contributed by atoms with van der Waals surface area (Å²) in [6.45, 7) is 1.83. The SMILES string of the molecule is Cc1ccc2c(n1)oc(=O)c1cc(Cl)cnc12. The summed E-state index contributed by atoms with van der Waals surface area (Å²) in [5.41, 5.74) is 1.18. The molecule has 0 atom stereocenters. The number of hydrogen-bond donors (Lipinski definition) is 0. The van der Waals surface area contributed by atoms with Crippen molar-refractivity contribution in [3.63, 3.8) is 0 Å². The number of pyridine rings is 2. The van der Waals surface area contributed by atoms with Crippen LogP contribution in [0, 0.1) is 6.92 Å². The first-order chi connectivity index (χ1) is 8.15. The second kappa shape index (κ2) is 3.53. The van der Waals surface area contributed by atoms with E-state index in [1.165, 1.54) is 6.20 Å². The van der Waals surface area contributed by atoms with Crippen molar-refractivity contribution < 1.29 is 4.42 Å². The molecule has 0 saturated carbocycles. The van der Waals surface area contributed by atoms with Gasteiger partial charge in [-0.25, -0.2) is 9.78 Å². The van der Waals surface area contributed by atoms with Gasteiger partial charge in [0.1, 0.15) is 0 Å². The van der Waals surface area contributed by atoms with Gasteiger partial charge in [-0.15, -0.1) is 0 Å². The van der Waals surface area contributed by atoms with E-state index in [0.29, 0.717) is 27.0 Å². The van der Waals surface area contributed by atoms with Gasteiger partial charge >= 0.3 is 5.63 Å². The summed E-state index contributed by atoms with van der Waals surface area (Å²) in [6, 6.07) is 5.23. The Morgan fingerprint density at radius 3 is 2.94 bits per heavy atom. The number of hydrogen-bond acceptors (Lipinski definition) is 4. The Hall–Kier alpha value is -1.94. The zero-order valence-corrected chi connectivity index (χ0v) is 9.65. The second-order valence-electron chi connectivity index (χ2n) is 3.74. The number of fused-ring (bicyclic) bond motifs is 3. The molecule has 4 nitrogen and oxygen atoms in total. The van der Waals surface area contributed by atoms with E-state index in [4.69, 9.17) is 16.0 Å². The van der Waals surface area contributed by atoms with Gasteiger partial charge in [0.05, 0.1) is 21.3 Å². The van der Waals surface area contributed by atoms with Crippen LogP contribution in [0.3, 0.4) is 0 Å². The minimum Gasteiger partial charge on any atom is -0.403 e. The maximum Gasteiger partial charge on any atom is 0.347 e. The molecule has 84 valence electrons. The number of nitrogens with zero attached hydrogens (tertiary/aromatic N) is 2. The Morgan fingerprint density at radius 1 is 1.29 bits per heavy atom. The lowest BCUT2D eigenvalue weighted by molar-refractivity contribution is 0.557. The molecule has 0 aliphatic carbocycles. The fourth-order valence-corrected chi connectivity index (χ4v) is 1.90. The van der Waals surface area contributed by atoms with Crippen molar-refractivity contribution in [1.29, 1.82) is 0 Å². The van der Waals surface area contributed by atoms with Crippen LogP contribution in [0.1, 0.15) is 5.69 Å². The van der Waals surface area contributed by atoms with E-state index in [-0.39, 0.29) is 0 Å². The van der Waals surface area contributed by atoms with Crippen LogP contribution in [0.15, 0.2) is 33.6 Å². The minimum atomic E-state index is -0.472. The van der Waals surface area contributed by atoms with Crippen molar-refractivity contribution in [1.82, 2.24) is 9.97 Å². The number of aromatic nitrogens is 2. The van der Waals surface area contributed by atoms with Gasteiger partial charge in [0, 0.05) is 11.9 Å². The first-order valence-corrected chi connectivity index (χ1v) is 5.39. The molecule has 3 heterocycles. The molecule has 0 radical (unpaired) electrons. The van der Waals surface area contributed by atoms with Crippen LogP contribution < -0.4 is 5.63 Å². The van der Waals surface area contributed by atoms with Gasteiger partial charge in [-0.2, -0.15) is 0 Å². The molecule has 0 spiro atoms. The largest absolute Gasteiger partial charge is 0.403 e. The third-order valence-electron chi connectivity index (χ3n) is 2.52. The average molecular weight is 247 g/mol. The Labute approximate surface area is 101 Å². The highest BCUT2D eigenvalue weighted by Gasteiger charge is 2.09. The molecular formula is C12H7ClN2O2. The Morgan fingerprint density at radius 2 is 2.12 bits per heavy atom. The van der Waals surface area contributed by atoms with Crippen molar-refractivity contribution in [3.05, 3.63) is 45.5 Å². The number of aryl methyl sites for hydroxylation is 1. The van der Waals surface area contributed by atoms with Crippen molar-refractivity contribution in [2.24, 2.45) is 0 Å². The van der Waals surface area contributed by atoms with Crippen LogP contribution in [0.5, 0.6) is 0 Å². The molecule has 0 aromatic carbocycles. The molecule has 0 aliphatic heterocycles. The van der Waals surface area contributed by atoms with Gasteiger partial charge < -0.3 is 4.42 Å². The van der Waals surface area contributed by atoms with Crippen LogP contribution in [0.25, 0.3) is 22.0 Å². The lowest BCUT2D eigenvalue weighted by Crippen LogP contribution is -2.02. The van der Waals surface area contributed by atoms with E-state index < -0.39 is 5.63 Å². The standard InChI is InChI=1S/C12H7ClN2O2/c1-6-2-3-8-10-9(4-7(13)5-14-10)12(16)17-11(8)15-6/h2-5H,1H3. The van der Waals surface area contributed by atoms with Crippen molar-refractivity contribution >= 4 is 33.6 Å². The first kappa shape index (κ1) is 10.2. The molecule has 0 bridgehead atoms. The summed E-state index contributed by atoms with van der Waals surface area (Å²) >= 11 is 5.81.